The van der Waals surface area contributed by atoms with E-state index in [1.54, 1.807) is 13.8 Å². The molecule has 1 heterocycles. The fourth-order valence-electron chi connectivity index (χ4n) is 3.69. The van der Waals surface area contributed by atoms with Gasteiger partial charge in [0.25, 0.3) is 5.91 Å². The highest BCUT2D eigenvalue weighted by atomic mass is 35.5. The zero-order valence-electron chi connectivity index (χ0n) is 14.8. The molecule has 1 aliphatic carbocycles. The van der Waals surface area contributed by atoms with E-state index in [4.69, 9.17) is 16.3 Å². The average Bonchev–Trinajstić information content (AvgIpc) is 2.62. The lowest BCUT2D eigenvalue weighted by Crippen LogP contribution is -2.57. The Hall–Kier alpha value is -2.30. The van der Waals surface area contributed by atoms with Crippen LogP contribution >= 0.6 is 11.6 Å². The molecule has 1 spiro atoms. The quantitative estimate of drug-likeness (QED) is 0.685. The first-order chi connectivity index (χ1) is 12.6. The number of amides is 1. The predicted octanol–water partition coefficient (Wildman–Crippen LogP) is 3.28. The summed E-state index contributed by atoms with van der Waals surface area (Å²) in [4.78, 5) is 26.5. The molecule has 0 aromatic heterocycles. The first-order valence-electron chi connectivity index (χ1n) is 8.35. The number of ketones is 1. The largest absolute Gasteiger partial charge is 0.367 e. The third kappa shape index (κ3) is 3.35. The Morgan fingerprint density at radius 3 is 2.74 bits per heavy atom. The minimum Gasteiger partial charge on any atom is -0.367 e. The normalized spacial score (nSPS) is 24.5. The van der Waals surface area contributed by atoms with Crippen molar-refractivity contribution < 1.29 is 23.1 Å². The third-order valence-electron chi connectivity index (χ3n) is 4.89. The Morgan fingerprint density at radius 2 is 2.07 bits per heavy atom. The molecule has 27 heavy (non-hydrogen) atoms. The van der Waals surface area contributed by atoms with Crippen molar-refractivity contribution >= 4 is 23.3 Å². The van der Waals surface area contributed by atoms with Crippen LogP contribution in [0, 0.1) is 28.4 Å². The first kappa shape index (κ1) is 19.5. The van der Waals surface area contributed by atoms with Crippen molar-refractivity contribution in [3.8, 4) is 6.07 Å². The summed E-state index contributed by atoms with van der Waals surface area (Å²) in [5, 5.41) is 8.54. The predicted molar refractivity (Wildman–Crippen MR) is 93.1 cm³/mol. The number of allylic oxidation sites excluding steroid dienone is 1. The van der Waals surface area contributed by atoms with Crippen LogP contribution in [0.5, 0.6) is 0 Å². The number of nitriles is 1. The maximum atomic E-state index is 14.2. The molecule has 1 unspecified atom stereocenters. The highest BCUT2D eigenvalue weighted by Crippen LogP contribution is 2.41. The van der Waals surface area contributed by atoms with Gasteiger partial charge in [-0.25, -0.2) is 8.78 Å². The summed E-state index contributed by atoms with van der Waals surface area (Å²) in [5.74, 6) is -2.99. The van der Waals surface area contributed by atoms with Gasteiger partial charge in [0.1, 0.15) is 22.5 Å². The van der Waals surface area contributed by atoms with Crippen LogP contribution in [0.3, 0.4) is 0 Å². The molecule has 5 nitrogen and oxygen atoms in total. The van der Waals surface area contributed by atoms with Gasteiger partial charge < -0.3 is 9.64 Å². The van der Waals surface area contributed by atoms with E-state index in [1.165, 1.54) is 11.0 Å². The van der Waals surface area contributed by atoms with Crippen molar-refractivity contribution in [1.82, 2.24) is 4.90 Å². The number of carbonyl (C=O) groups is 2. The molecule has 142 valence electrons. The van der Waals surface area contributed by atoms with E-state index in [-0.39, 0.29) is 43.0 Å². The van der Waals surface area contributed by atoms with E-state index in [9.17, 15) is 23.6 Å². The van der Waals surface area contributed by atoms with Crippen molar-refractivity contribution in [2.45, 2.75) is 25.9 Å². The van der Waals surface area contributed by atoms with Crippen molar-refractivity contribution in [3.05, 3.63) is 46.0 Å². The number of halogens is 3. The van der Waals surface area contributed by atoms with Crippen LogP contribution in [0.1, 0.15) is 30.6 Å². The van der Waals surface area contributed by atoms with Gasteiger partial charge in [-0.05, 0) is 24.6 Å². The number of benzene rings is 1. The Kier molecular flexibility index (Phi) is 4.83. The number of hydrogen-bond acceptors (Lipinski definition) is 4. The van der Waals surface area contributed by atoms with Gasteiger partial charge in [-0.15, -0.1) is 0 Å². The summed E-state index contributed by atoms with van der Waals surface area (Å²) in [5.41, 5.74) is -2.21. The number of ether oxygens (including phenoxy) is 1. The van der Waals surface area contributed by atoms with Gasteiger partial charge in [0.05, 0.1) is 24.3 Å². The summed E-state index contributed by atoms with van der Waals surface area (Å²) >= 11 is 5.57. The lowest BCUT2D eigenvalue weighted by atomic mass is 9.69. The molecule has 2 aliphatic rings. The Labute approximate surface area is 160 Å². The standard InChI is InChI=1S/C19H17ClF2N2O3/c1-18(2)9-19(7-11(8-23)16(18)25)10-24(5-6-27-19)17(26)12-3-4-13(21)14(20)15(12)22/h3-4,7H,5-6,9-10H2,1-2H3. The minimum absolute atomic E-state index is 0.0171. The number of morpholine rings is 1. The van der Waals surface area contributed by atoms with E-state index in [2.05, 4.69) is 0 Å². The molecule has 1 aromatic rings. The molecule has 0 saturated carbocycles. The van der Waals surface area contributed by atoms with Crippen LogP contribution in [0.2, 0.25) is 5.02 Å². The molecule has 3 rings (SSSR count). The second-order valence-corrected chi connectivity index (χ2v) is 7.80. The number of nitrogens with zero attached hydrogens (tertiary/aromatic N) is 2. The second-order valence-electron chi connectivity index (χ2n) is 7.42. The van der Waals surface area contributed by atoms with Crippen LogP contribution in [-0.4, -0.2) is 41.9 Å². The Balaban J connectivity index is 1.94. The fourth-order valence-corrected chi connectivity index (χ4v) is 3.86. The Morgan fingerprint density at radius 1 is 1.37 bits per heavy atom. The van der Waals surface area contributed by atoms with Gasteiger partial charge in [0, 0.05) is 12.0 Å². The summed E-state index contributed by atoms with van der Waals surface area (Å²) < 4.78 is 33.5. The second kappa shape index (κ2) is 6.70. The molecule has 0 bridgehead atoms. The molecule has 0 N–H and O–H groups in total. The van der Waals surface area contributed by atoms with Crippen molar-refractivity contribution in [1.29, 1.82) is 5.26 Å². The monoisotopic (exact) mass is 394 g/mol. The van der Waals surface area contributed by atoms with E-state index in [1.807, 2.05) is 6.07 Å². The van der Waals surface area contributed by atoms with Gasteiger partial charge in [-0.3, -0.25) is 9.59 Å². The molecule has 1 aromatic carbocycles. The van der Waals surface area contributed by atoms with Gasteiger partial charge in [-0.1, -0.05) is 25.4 Å². The van der Waals surface area contributed by atoms with E-state index >= 15 is 0 Å². The first-order valence-corrected chi connectivity index (χ1v) is 8.72. The number of carbonyl (C=O) groups excluding carboxylic acids is 2. The maximum absolute atomic E-state index is 14.2. The van der Waals surface area contributed by atoms with Crippen LogP contribution in [0.4, 0.5) is 8.78 Å². The molecule has 0 radical (unpaired) electrons. The zero-order chi connectivity index (χ0) is 20.0. The van der Waals surface area contributed by atoms with Crippen LogP contribution in [0.15, 0.2) is 23.8 Å². The molecule has 1 atom stereocenters. The van der Waals surface area contributed by atoms with Gasteiger partial charge >= 0.3 is 0 Å². The maximum Gasteiger partial charge on any atom is 0.257 e. The van der Waals surface area contributed by atoms with Crippen molar-refractivity contribution in [2.24, 2.45) is 5.41 Å². The van der Waals surface area contributed by atoms with Crippen LogP contribution < -0.4 is 0 Å². The molecule has 8 heteroatoms. The van der Waals surface area contributed by atoms with E-state index in [0.717, 1.165) is 12.1 Å². The third-order valence-corrected chi connectivity index (χ3v) is 5.24. The number of Topliss-reactive ketones (excluding diaryl/α,β-unsaturated/α-hetero) is 1. The van der Waals surface area contributed by atoms with E-state index in [0.29, 0.717) is 0 Å². The lowest BCUT2D eigenvalue weighted by molar-refractivity contribution is -0.134. The summed E-state index contributed by atoms with van der Waals surface area (Å²) in [7, 11) is 0. The van der Waals surface area contributed by atoms with Gasteiger partial charge in [0.15, 0.2) is 11.6 Å². The zero-order valence-corrected chi connectivity index (χ0v) is 15.6. The minimum atomic E-state index is -1.12. The molecule has 1 saturated heterocycles. The van der Waals surface area contributed by atoms with E-state index < -0.39 is 33.6 Å². The molecule has 1 aliphatic heterocycles. The van der Waals surface area contributed by atoms with Gasteiger partial charge in [0.2, 0.25) is 0 Å². The van der Waals surface area contributed by atoms with Crippen LogP contribution in [0.25, 0.3) is 0 Å². The molecular weight excluding hydrogens is 378 g/mol. The summed E-state index contributed by atoms with van der Waals surface area (Å²) in [6.07, 6.45) is 1.73. The number of rotatable bonds is 1. The fraction of sp³-hybridized carbons (Fsp3) is 0.421. The highest BCUT2D eigenvalue weighted by molar-refractivity contribution is 6.31. The lowest BCUT2D eigenvalue weighted by Gasteiger charge is -2.46. The smallest absolute Gasteiger partial charge is 0.257 e. The molecular formula is C19H17ClF2N2O3. The highest BCUT2D eigenvalue weighted by Gasteiger charge is 2.48. The van der Waals surface area contributed by atoms with Crippen molar-refractivity contribution in [2.75, 3.05) is 19.7 Å². The number of hydrogen-bond donors (Lipinski definition) is 0. The van der Waals surface area contributed by atoms with Crippen LogP contribution in [-0.2, 0) is 9.53 Å². The summed E-state index contributed by atoms with van der Waals surface area (Å²) in [6.45, 7) is 3.82. The van der Waals surface area contributed by atoms with Gasteiger partial charge in [-0.2, -0.15) is 5.26 Å². The summed E-state index contributed by atoms with van der Waals surface area (Å²) in [6, 6.07) is 3.87. The SMILES string of the molecule is CC1(C)CC2(C=C(C#N)C1=O)CN(C(=O)c1ccc(F)c(Cl)c1F)CCO2. The van der Waals surface area contributed by atoms with Crippen molar-refractivity contribution in [3.63, 3.8) is 0 Å². The average molecular weight is 395 g/mol. The Bertz CT molecular complexity index is 907. The molecule has 1 fully saturated rings. The topological polar surface area (TPSA) is 70.4 Å². The molecule has 1 amide bonds.